The highest BCUT2D eigenvalue weighted by atomic mass is 35.5. The van der Waals surface area contributed by atoms with E-state index in [-0.39, 0.29) is 27.7 Å². The molecule has 2 aromatic rings. The minimum absolute atomic E-state index is 0.115. The van der Waals surface area contributed by atoms with E-state index in [0.717, 1.165) is 23.8 Å². The first-order valence-corrected chi connectivity index (χ1v) is 9.34. The maximum Gasteiger partial charge on any atom is 0.282 e. The number of anilines is 1. The molecule has 0 aromatic heterocycles. The van der Waals surface area contributed by atoms with Gasteiger partial charge in [0.1, 0.15) is 11.5 Å². The Balaban J connectivity index is 1.82. The molecule has 1 saturated heterocycles. The Morgan fingerprint density at radius 2 is 1.66 bits per heavy atom. The number of carbonyl (C=O) groups excluding carboxylic acids is 2. The molecule has 0 saturated carbocycles. The van der Waals surface area contributed by atoms with E-state index in [1.54, 1.807) is 0 Å². The van der Waals surface area contributed by atoms with Crippen LogP contribution in [0.3, 0.4) is 0 Å². The van der Waals surface area contributed by atoms with Crippen molar-refractivity contribution in [2.24, 2.45) is 0 Å². The van der Waals surface area contributed by atoms with Crippen molar-refractivity contribution in [3.8, 4) is 0 Å². The van der Waals surface area contributed by atoms with Gasteiger partial charge in [0, 0.05) is 25.2 Å². The predicted molar refractivity (Wildman–Crippen MR) is 105 cm³/mol. The van der Waals surface area contributed by atoms with Crippen molar-refractivity contribution < 1.29 is 18.9 Å². The number of non-ortho nitro benzene ring substituents is 1. The Morgan fingerprint density at radius 3 is 2.24 bits per heavy atom. The average molecular weight is 416 g/mol. The first-order chi connectivity index (χ1) is 13.9. The molecule has 9 heteroatoms. The summed E-state index contributed by atoms with van der Waals surface area (Å²) in [6.07, 6.45) is 1.78. The number of carbonyl (C=O) groups is 2. The molecule has 0 spiro atoms. The van der Waals surface area contributed by atoms with E-state index >= 15 is 0 Å². The van der Waals surface area contributed by atoms with E-state index in [9.17, 15) is 24.1 Å². The van der Waals surface area contributed by atoms with Crippen LogP contribution in [0.4, 0.5) is 15.8 Å². The lowest BCUT2D eigenvalue weighted by atomic mass is 10.0. The molecule has 2 heterocycles. The van der Waals surface area contributed by atoms with Gasteiger partial charge in [-0.15, -0.1) is 0 Å². The van der Waals surface area contributed by atoms with Crippen molar-refractivity contribution in [3.05, 3.63) is 74.7 Å². The highest BCUT2D eigenvalue weighted by molar-refractivity contribution is 6.45. The fourth-order valence-electron chi connectivity index (χ4n) is 3.62. The fraction of sp³-hybridized carbons (Fsp3) is 0.200. The summed E-state index contributed by atoms with van der Waals surface area (Å²) in [5, 5.41) is 10.7. The zero-order chi connectivity index (χ0) is 20.7. The number of amides is 2. The predicted octanol–water partition coefficient (Wildman–Crippen LogP) is 3.77. The second-order valence-electron chi connectivity index (χ2n) is 6.77. The monoisotopic (exact) mass is 415 g/mol. The van der Waals surface area contributed by atoms with Crippen LogP contribution in [-0.2, 0) is 9.59 Å². The normalized spacial score (nSPS) is 16.9. The van der Waals surface area contributed by atoms with Gasteiger partial charge in [-0.1, -0.05) is 11.6 Å². The highest BCUT2D eigenvalue weighted by Gasteiger charge is 2.43. The van der Waals surface area contributed by atoms with E-state index in [1.165, 1.54) is 36.4 Å². The molecule has 2 amide bonds. The van der Waals surface area contributed by atoms with E-state index in [2.05, 4.69) is 0 Å². The molecule has 2 aliphatic rings. The van der Waals surface area contributed by atoms with Gasteiger partial charge in [-0.3, -0.25) is 19.7 Å². The molecular formula is C20H15ClFN3O4. The van der Waals surface area contributed by atoms with Gasteiger partial charge in [0.15, 0.2) is 0 Å². The number of imide groups is 1. The maximum absolute atomic E-state index is 13.6. The fourth-order valence-corrected chi connectivity index (χ4v) is 3.80. The number of hydrogen-bond donors (Lipinski definition) is 0. The van der Waals surface area contributed by atoms with E-state index in [1.807, 2.05) is 4.90 Å². The number of rotatable bonds is 4. The highest BCUT2D eigenvalue weighted by Crippen LogP contribution is 2.37. The Labute approximate surface area is 170 Å². The van der Waals surface area contributed by atoms with Crippen molar-refractivity contribution in [2.45, 2.75) is 12.8 Å². The zero-order valence-electron chi connectivity index (χ0n) is 15.1. The summed E-state index contributed by atoms with van der Waals surface area (Å²) in [5.41, 5.74) is 0.886. The first kappa shape index (κ1) is 19.1. The molecule has 0 atom stereocenters. The Bertz CT molecular complexity index is 1060. The lowest BCUT2D eigenvalue weighted by Crippen LogP contribution is -2.34. The number of benzene rings is 2. The van der Waals surface area contributed by atoms with Crippen molar-refractivity contribution in [1.82, 2.24) is 4.90 Å². The SMILES string of the molecule is O=C1C(c2ccc([N+](=O)[O-])cc2)=C(N2CCCC2)C(=O)N1c1ccc(F)c(Cl)c1. The number of nitro benzene ring substituents is 1. The number of hydrogen-bond acceptors (Lipinski definition) is 5. The quantitative estimate of drug-likeness (QED) is 0.431. The molecule has 1 fully saturated rings. The van der Waals surface area contributed by atoms with Crippen LogP contribution in [-0.4, -0.2) is 34.7 Å². The van der Waals surface area contributed by atoms with Crippen LogP contribution in [0.2, 0.25) is 5.02 Å². The molecule has 29 heavy (non-hydrogen) atoms. The van der Waals surface area contributed by atoms with Crippen molar-refractivity contribution in [3.63, 3.8) is 0 Å². The smallest absolute Gasteiger partial charge is 0.282 e. The van der Waals surface area contributed by atoms with E-state index < -0.39 is 22.6 Å². The molecule has 0 radical (unpaired) electrons. The van der Waals surface area contributed by atoms with Crippen LogP contribution >= 0.6 is 11.6 Å². The van der Waals surface area contributed by atoms with Crippen LogP contribution in [0.5, 0.6) is 0 Å². The molecule has 0 unspecified atom stereocenters. The minimum atomic E-state index is -0.655. The Morgan fingerprint density at radius 1 is 1.00 bits per heavy atom. The second-order valence-corrected chi connectivity index (χ2v) is 7.17. The summed E-state index contributed by atoms with van der Waals surface area (Å²) in [4.78, 5) is 39.7. The lowest BCUT2D eigenvalue weighted by molar-refractivity contribution is -0.384. The molecule has 7 nitrogen and oxygen atoms in total. The molecule has 2 aromatic carbocycles. The third-order valence-corrected chi connectivity index (χ3v) is 5.30. The molecule has 0 aliphatic carbocycles. The molecule has 148 valence electrons. The number of likely N-dealkylation sites (tertiary alicyclic amines) is 1. The summed E-state index contributed by atoms with van der Waals surface area (Å²) in [7, 11) is 0. The molecule has 0 bridgehead atoms. The van der Waals surface area contributed by atoms with Crippen molar-refractivity contribution >= 4 is 40.4 Å². The van der Waals surface area contributed by atoms with Crippen molar-refractivity contribution in [1.29, 1.82) is 0 Å². The van der Waals surface area contributed by atoms with Gasteiger partial charge in [0.05, 0.1) is 21.2 Å². The molecule has 4 rings (SSSR count). The minimum Gasteiger partial charge on any atom is -0.366 e. The third-order valence-electron chi connectivity index (χ3n) is 5.01. The number of halogens is 2. The van der Waals surface area contributed by atoms with Gasteiger partial charge in [-0.2, -0.15) is 0 Å². The lowest BCUT2D eigenvalue weighted by Gasteiger charge is -2.20. The van der Waals surface area contributed by atoms with Crippen LogP contribution in [0.15, 0.2) is 48.2 Å². The van der Waals surface area contributed by atoms with Crippen LogP contribution < -0.4 is 4.90 Å². The molecule has 2 aliphatic heterocycles. The second kappa shape index (κ2) is 7.29. The van der Waals surface area contributed by atoms with Gasteiger partial charge < -0.3 is 4.90 Å². The average Bonchev–Trinajstić information content (AvgIpc) is 3.30. The van der Waals surface area contributed by atoms with Crippen LogP contribution in [0, 0.1) is 15.9 Å². The Hall–Kier alpha value is -3.26. The van der Waals surface area contributed by atoms with E-state index in [0.29, 0.717) is 18.7 Å². The largest absolute Gasteiger partial charge is 0.366 e. The standard InChI is InChI=1S/C20H15ClFN3O4/c21-15-11-14(7-8-16(15)22)24-19(26)17(12-3-5-13(6-4-12)25(28)29)18(20(24)27)23-9-1-2-10-23/h3-8,11H,1-2,9-10H2. The third kappa shape index (κ3) is 3.25. The summed E-state index contributed by atoms with van der Waals surface area (Å²) in [6.45, 7) is 1.26. The van der Waals surface area contributed by atoms with Gasteiger partial charge in [0.25, 0.3) is 17.5 Å². The topological polar surface area (TPSA) is 83.8 Å². The van der Waals surface area contributed by atoms with E-state index in [4.69, 9.17) is 11.6 Å². The van der Waals surface area contributed by atoms with Gasteiger partial charge in [-0.05, 0) is 48.7 Å². The van der Waals surface area contributed by atoms with Crippen LogP contribution in [0.25, 0.3) is 5.57 Å². The number of nitrogens with zero attached hydrogens (tertiary/aromatic N) is 3. The summed E-state index contributed by atoms with van der Waals surface area (Å²) >= 11 is 5.84. The first-order valence-electron chi connectivity index (χ1n) is 8.96. The van der Waals surface area contributed by atoms with Gasteiger partial charge in [-0.25, -0.2) is 9.29 Å². The van der Waals surface area contributed by atoms with Gasteiger partial charge >= 0.3 is 0 Å². The van der Waals surface area contributed by atoms with Crippen molar-refractivity contribution in [2.75, 3.05) is 18.0 Å². The summed E-state index contributed by atoms with van der Waals surface area (Å²) in [6, 6.07) is 9.13. The summed E-state index contributed by atoms with van der Waals surface area (Å²) < 4.78 is 13.6. The number of nitro groups is 1. The molecular weight excluding hydrogens is 401 g/mol. The van der Waals surface area contributed by atoms with Crippen LogP contribution in [0.1, 0.15) is 18.4 Å². The molecule has 0 N–H and O–H groups in total. The Kier molecular flexibility index (Phi) is 4.79. The zero-order valence-corrected chi connectivity index (χ0v) is 15.9. The maximum atomic E-state index is 13.6. The summed E-state index contributed by atoms with van der Waals surface area (Å²) in [5.74, 6) is -1.75. The van der Waals surface area contributed by atoms with Gasteiger partial charge in [0.2, 0.25) is 0 Å².